The lowest BCUT2D eigenvalue weighted by Gasteiger charge is -2.07. The number of aromatic amines is 1. The maximum absolute atomic E-state index is 12.0. The molecule has 2 amide bonds. The summed E-state index contributed by atoms with van der Waals surface area (Å²) in [6, 6.07) is 15.4. The molecule has 0 saturated heterocycles. The zero-order valence-electron chi connectivity index (χ0n) is 16.4. The van der Waals surface area contributed by atoms with Gasteiger partial charge in [-0.05, 0) is 42.0 Å². The largest absolute Gasteiger partial charge is 0.497 e. The van der Waals surface area contributed by atoms with Gasteiger partial charge in [-0.1, -0.05) is 12.1 Å². The summed E-state index contributed by atoms with van der Waals surface area (Å²) in [6.07, 6.45) is 4.16. The van der Waals surface area contributed by atoms with Crippen LogP contribution in [-0.2, 0) is 13.0 Å². The molecule has 7 nitrogen and oxygen atoms in total. The smallest absolute Gasteiger partial charge is 0.319 e. The van der Waals surface area contributed by atoms with E-state index in [9.17, 15) is 4.79 Å². The van der Waals surface area contributed by atoms with Gasteiger partial charge in [-0.2, -0.15) is 5.10 Å². The van der Waals surface area contributed by atoms with Gasteiger partial charge in [-0.15, -0.1) is 11.3 Å². The van der Waals surface area contributed by atoms with Crippen LogP contribution in [0.4, 0.5) is 10.5 Å². The van der Waals surface area contributed by atoms with Crippen LogP contribution in [0.1, 0.15) is 16.1 Å². The van der Waals surface area contributed by atoms with Gasteiger partial charge in [0, 0.05) is 41.4 Å². The van der Waals surface area contributed by atoms with Crippen molar-refractivity contribution in [3.63, 3.8) is 0 Å². The molecular formula is C22H21N5O2S. The van der Waals surface area contributed by atoms with Crippen molar-refractivity contribution in [2.45, 2.75) is 13.0 Å². The molecular weight excluding hydrogens is 398 g/mol. The van der Waals surface area contributed by atoms with Gasteiger partial charge >= 0.3 is 6.03 Å². The van der Waals surface area contributed by atoms with E-state index < -0.39 is 0 Å². The highest BCUT2D eigenvalue weighted by molar-refractivity contribution is 7.10. The molecule has 0 bridgehead atoms. The van der Waals surface area contributed by atoms with Crippen molar-refractivity contribution in [3.8, 4) is 17.0 Å². The second-order valence-corrected chi connectivity index (χ2v) is 7.59. The average molecular weight is 420 g/mol. The number of amides is 2. The molecule has 4 aromatic rings. The highest BCUT2D eigenvalue weighted by Gasteiger charge is 2.07. The number of carbonyl (C=O) groups excluding carboxylic acids is 1. The predicted octanol–water partition coefficient (Wildman–Crippen LogP) is 4.45. The topological polar surface area (TPSA) is 91.9 Å². The third kappa shape index (κ3) is 5.03. The van der Waals surface area contributed by atoms with Crippen molar-refractivity contribution < 1.29 is 9.53 Å². The zero-order valence-corrected chi connectivity index (χ0v) is 17.2. The van der Waals surface area contributed by atoms with Crippen molar-refractivity contribution in [2.24, 2.45) is 0 Å². The lowest BCUT2D eigenvalue weighted by atomic mass is 10.1. The fourth-order valence-corrected chi connectivity index (χ4v) is 3.74. The quantitative estimate of drug-likeness (QED) is 0.413. The molecule has 0 unspecified atom stereocenters. The Kier molecular flexibility index (Phi) is 6.05. The molecule has 2 heterocycles. The van der Waals surface area contributed by atoms with Gasteiger partial charge in [0.25, 0.3) is 0 Å². The number of carbonyl (C=O) groups is 1. The zero-order chi connectivity index (χ0) is 20.8. The van der Waals surface area contributed by atoms with E-state index in [-0.39, 0.29) is 6.03 Å². The third-order valence-corrected chi connectivity index (χ3v) is 5.36. The summed E-state index contributed by atoms with van der Waals surface area (Å²) in [6.45, 7) is 0.418. The third-order valence-electron chi connectivity index (χ3n) is 4.51. The van der Waals surface area contributed by atoms with Crippen LogP contribution in [-0.4, -0.2) is 28.3 Å². The Morgan fingerprint density at radius 3 is 2.60 bits per heavy atom. The van der Waals surface area contributed by atoms with E-state index in [0.717, 1.165) is 45.2 Å². The number of urea groups is 1. The molecule has 0 radical (unpaired) electrons. The standard InChI is InChI=1S/C22H21N5O2S/c1-29-19-8-4-17(5-9-19)20-14-30-21(27-20)10-15-2-6-18(7-3-15)26-22(28)23-11-16-12-24-25-13-16/h2-9,12-14H,10-11H2,1H3,(H,24,25)(H2,23,26,28). The van der Waals surface area contributed by atoms with Crippen LogP contribution in [0.3, 0.4) is 0 Å². The Labute approximate surface area is 178 Å². The Morgan fingerprint density at radius 2 is 1.90 bits per heavy atom. The number of rotatable bonds is 7. The number of benzene rings is 2. The van der Waals surface area contributed by atoms with Crippen LogP contribution in [0.25, 0.3) is 11.3 Å². The Bertz CT molecular complexity index is 1090. The van der Waals surface area contributed by atoms with E-state index in [2.05, 4.69) is 26.2 Å². The predicted molar refractivity (Wildman–Crippen MR) is 118 cm³/mol. The minimum Gasteiger partial charge on any atom is -0.497 e. The first kappa shape index (κ1) is 19.7. The van der Waals surface area contributed by atoms with Gasteiger partial charge < -0.3 is 15.4 Å². The van der Waals surface area contributed by atoms with E-state index in [4.69, 9.17) is 9.72 Å². The van der Waals surface area contributed by atoms with Crippen molar-refractivity contribution in [1.29, 1.82) is 0 Å². The minimum absolute atomic E-state index is 0.256. The summed E-state index contributed by atoms with van der Waals surface area (Å²) in [5, 5.41) is 15.3. The van der Waals surface area contributed by atoms with E-state index in [1.54, 1.807) is 30.8 Å². The second-order valence-electron chi connectivity index (χ2n) is 6.64. The number of hydrogen-bond donors (Lipinski definition) is 3. The molecule has 152 valence electrons. The summed E-state index contributed by atoms with van der Waals surface area (Å²) in [4.78, 5) is 16.7. The number of H-pyrrole nitrogens is 1. The van der Waals surface area contributed by atoms with Gasteiger partial charge in [-0.3, -0.25) is 5.10 Å². The highest BCUT2D eigenvalue weighted by atomic mass is 32.1. The van der Waals surface area contributed by atoms with Crippen LogP contribution < -0.4 is 15.4 Å². The number of methoxy groups -OCH3 is 1. The molecule has 0 fully saturated rings. The molecule has 0 aliphatic carbocycles. The maximum atomic E-state index is 12.0. The first-order valence-corrected chi connectivity index (χ1v) is 10.3. The maximum Gasteiger partial charge on any atom is 0.319 e. The molecule has 8 heteroatoms. The first-order valence-electron chi connectivity index (χ1n) is 9.40. The molecule has 0 atom stereocenters. The van der Waals surface area contributed by atoms with Gasteiger partial charge in [0.1, 0.15) is 5.75 Å². The van der Waals surface area contributed by atoms with Gasteiger partial charge in [0.05, 0.1) is 24.0 Å². The van der Waals surface area contributed by atoms with Crippen LogP contribution in [0.15, 0.2) is 66.3 Å². The normalized spacial score (nSPS) is 10.6. The number of hydrogen-bond acceptors (Lipinski definition) is 5. The van der Waals surface area contributed by atoms with Crippen LogP contribution in [0, 0.1) is 0 Å². The van der Waals surface area contributed by atoms with Crippen molar-refractivity contribution in [1.82, 2.24) is 20.5 Å². The fraction of sp³-hybridized carbons (Fsp3) is 0.136. The summed E-state index contributed by atoms with van der Waals surface area (Å²) < 4.78 is 5.20. The van der Waals surface area contributed by atoms with E-state index >= 15 is 0 Å². The Hall–Kier alpha value is -3.65. The Balaban J connectivity index is 1.32. The lowest BCUT2D eigenvalue weighted by molar-refractivity contribution is 0.251. The monoisotopic (exact) mass is 419 g/mol. The fourth-order valence-electron chi connectivity index (χ4n) is 2.90. The van der Waals surface area contributed by atoms with Crippen molar-refractivity contribution in [2.75, 3.05) is 12.4 Å². The average Bonchev–Trinajstić information content (AvgIpc) is 3.46. The molecule has 2 aromatic carbocycles. The van der Waals surface area contributed by atoms with E-state index in [0.29, 0.717) is 6.54 Å². The summed E-state index contributed by atoms with van der Waals surface area (Å²) >= 11 is 1.64. The summed E-state index contributed by atoms with van der Waals surface area (Å²) in [5.41, 5.74) is 4.82. The van der Waals surface area contributed by atoms with Gasteiger partial charge in [0.2, 0.25) is 0 Å². The second kappa shape index (κ2) is 9.23. The number of nitrogens with zero attached hydrogens (tertiary/aromatic N) is 2. The van der Waals surface area contributed by atoms with Crippen LogP contribution >= 0.6 is 11.3 Å². The lowest BCUT2D eigenvalue weighted by Crippen LogP contribution is -2.27. The molecule has 0 saturated carbocycles. The molecule has 0 spiro atoms. The van der Waals surface area contributed by atoms with E-state index in [1.165, 1.54) is 0 Å². The van der Waals surface area contributed by atoms with Crippen molar-refractivity contribution >= 4 is 23.1 Å². The van der Waals surface area contributed by atoms with Crippen molar-refractivity contribution in [3.05, 3.63) is 82.4 Å². The molecule has 0 aliphatic heterocycles. The highest BCUT2D eigenvalue weighted by Crippen LogP contribution is 2.25. The number of nitrogens with one attached hydrogen (secondary N) is 3. The summed E-state index contributed by atoms with van der Waals surface area (Å²) in [5.74, 6) is 0.832. The molecule has 0 aliphatic rings. The minimum atomic E-state index is -0.256. The first-order chi connectivity index (χ1) is 14.7. The molecule has 30 heavy (non-hydrogen) atoms. The van der Waals surface area contributed by atoms with Gasteiger partial charge in [0.15, 0.2) is 0 Å². The Morgan fingerprint density at radius 1 is 1.10 bits per heavy atom. The number of ether oxygens (including phenoxy) is 1. The van der Waals surface area contributed by atoms with Gasteiger partial charge in [-0.25, -0.2) is 9.78 Å². The summed E-state index contributed by atoms with van der Waals surface area (Å²) in [7, 11) is 1.66. The SMILES string of the molecule is COc1ccc(-c2csc(Cc3ccc(NC(=O)NCc4cn[nH]c4)cc3)n2)cc1. The molecule has 2 aromatic heterocycles. The molecule has 4 rings (SSSR count). The molecule has 3 N–H and O–H groups in total. The number of aromatic nitrogens is 3. The van der Waals surface area contributed by atoms with E-state index in [1.807, 2.05) is 48.5 Å². The number of thiazole rings is 1. The van der Waals surface area contributed by atoms with Crippen LogP contribution in [0.5, 0.6) is 5.75 Å². The van der Waals surface area contributed by atoms with Crippen LogP contribution in [0.2, 0.25) is 0 Å². The number of anilines is 1.